The van der Waals surface area contributed by atoms with Crippen molar-refractivity contribution in [3.8, 4) is 0 Å². The van der Waals surface area contributed by atoms with Crippen LogP contribution in [0.5, 0.6) is 0 Å². The molecule has 0 unspecified atom stereocenters. The standard InChI is InChI=1S/C20H41N2O3P/c1-9-11-12-21(26-24-15-18(3,4)16-25-26)17-13-19(5,6)22(23-10-2)20(7,8)14-17/h17H,9-16H2,1-8H3. The summed E-state index contributed by atoms with van der Waals surface area (Å²) in [5.41, 5.74) is 0.0840. The molecule has 0 aromatic rings. The molecule has 0 spiro atoms. The third-order valence-corrected chi connectivity index (χ3v) is 6.98. The first-order chi connectivity index (χ1) is 12.0. The number of hydrogen-bond acceptors (Lipinski definition) is 5. The molecule has 2 aliphatic heterocycles. The Morgan fingerprint density at radius 2 is 1.54 bits per heavy atom. The van der Waals surface area contributed by atoms with E-state index in [1.807, 2.05) is 0 Å². The van der Waals surface area contributed by atoms with Crippen molar-refractivity contribution in [2.45, 2.75) is 98.2 Å². The first-order valence-corrected chi connectivity index (χ1v) is 11.4. The molecule has 2 fully saturated rings. The van der Waals surface area contributed by atoms with Crippen LogP contribution >= 0.6 is 8.53 Å². The third kappa shape index (κ3) is 5.40. The molecule has 2 saturated heterocycles. The molecule has 5 nitrogen and oxygen atoms in total. The molecule has 0 atom stereocenters. The van der Waals surface area contributed by atoms with Crippen molar-refractivity contribution in [2.24, 2.45) is 5.41 Å². The summed E-state index contributed by atoms with van der Waals surface area (Å²) in [4.78, 5) is 6.05. The summed E-state index contributed by atoms with van der Waals surface area (Å²) in [6.07, 6.45) is 4.50. The molecule has 0 saturated carbocycles. The lowest BCUT2D eigenvalue weighted by Gasteiger charge is -2.56. The van der Waals surface area contributed by atoms with Gasteiger partial charge in [-0.2, -0.15) is 5.06 Å². The molecule has 0 radical (unpaired) electrons. The van der Waals surface area contributed by atoms with Crippen molar-refractivity contribution in [1.29, 1.82) is 0 Å². The SMILES string of the molecule is CCCCN(C1CC(C)(C)N(OCC)C(C)(C)C1)P1OCC(C)(C)CO1. The van der Waals surface area contributed by atoms with Crippen LogP contribution in [0, 0.1) is 5.41 Å². The van der Waals surface area contributed by atoms with Gasteiger partial charge in [0.15, 0.2) is 0 Å². The number of rotatable bonds is 7. The van der Waals surface area contributed by atoms with Gasteiger partial charge in [0.25, 0.3) is 8.53 Å². The second-order valence-electron chi connectivity index (χ2n) is 9.86. The predicted octanol–water partition coefficient (Wildman–Crippen LogP) is 5.36. The predicted molar refractivity (Wildman–Crippen MR) is 109 cm³/mol. The van der Waals surface area contributed by atoms with Crippen molar-refractivity contribution in [3.05, 3.63) is 0 Å². The van der Waals surface area contributed by atoms with Crippen molar-refractivity contribution < 1.29 is 13.9 Å². The Bertz CT molecular complexity index is 428. The van der Waals surface area contributed by atoms with Gasteiger partial charge >= 0.3 is 0 Å². The molecule has 2 heterocycles. The number of hydroxylamine groups is 2. The van der Waals surface area contributed by atoms with E-state index in [-0.39, 0.29) is 16.5 Å². The van der Waals surface area contributed by atoms with Gasteiger partial charge in [-0.15, -0.1) is 0 Å². The number of hydrogen-bond donors (Lipinski definition) is 0. The van der Waals surface area contributed by atoms with Crippen LogP contribution in [0.1, 0.15) is 81.1 Å². The minimum Gasteiger partial charge on any atom is -0.321 e. The molecule has 2 rings (SSSR count). The Hall–Kier alpha value is 0.230. The molecule has 0 aromatic heterocycles. The second kappa shape index (κ2) is 8.71. The molecule has 154 valence electrons. The molecule has 0 N–H and O–H groups in total. The Labute approximate surface area is 162 Å². The number of piperidine rings is 1. The fourth-order valence-corrected chi connectivity index (χ4v) is 6.33. The summed E-state index contributed by atoms with van der Waals surface area (Å²) in [5, 5.41) is 2.23. The fraction of sp³-hybridized carbons (Fsp3) is 1.00. The van der Waals surface area contributed by atoms with Crippen LogP contribution in [0.3, 0.4) is 0 Å². The Morgan fingerprint density at radius 3 is 2.00 bits per heavy atom. The van der Waals surface area contributed by atoms with Gasteiger partial charge in [0, 0.05) is 29.1 Å². The van der Waals surface area contributed by atoms with E-state index in [9.17, 15) is 0 Å². The van der Waals surface area contributed by atoms with Crippen molar-refractivity contribution in [3.63, 3.8) is 0 Å². The molecule has 0 amide bonds. The monoisotopic (exact) mass is 388 g/mol. The smallest absolute Gasteiger partial charge is 0.259 e. The average molecular weight is 389 g/mol. The normalized spacial score (nSPS) is 27.1. The van der Waals surface area contributed by atoms with Gasteiger partial charge in [0.1, 0.15) is 0 Å². The van der Waals surface area contributed by atoms with E-state index in [4.69, 9.17) is 13.9 Å². The van der Waals surface area contributed by atoms with Gasteiger partial charge in [-0.25, -0.2) is 4.67 Å². The van der Waals surface area contributed by atoms with Crippen LogP contribution in [-0.2, 0) is 13.9 Å². The minimum absolute atomic E-state index is 0.0166. The fourth-order valence-electron chi connectivity index (χ4n) is 4.30. The molecule has 0 aliphatic carbocycles. The van der Waals surface area contributed by atoms with E-state index >= 15 is 0 Å². The van der Waals surface area contributed by atoms with Crippen LogP contribution in [0.2, 0.25) is 0 Å². The van der Waals surface area contributed by atoms with Crippen LogP contribution in [-0.4, -0.2) is 53.2 Å². The largest absolute Gasteiger partial charge is 0.321 e. The molecular weight excluding hydrogens is 347 g/mol. The minimum atomic E-state index is -0.959. The van der Waals surface area contributed by atoms with Gasteiger partial charge in [-0.3, -0.25) is 4.84 Å². The highest BCUT2D eigenvalue weighted by Gasteiger charge is 2.49. The summed E-state index contributed by atoms with van der Waals surface area (Å²) in [6, 6.07) is 0.454. The molecule has 0 aromatic carbocycles. The maximum atomic E-state index is 6.24. The van der Waals surface area contributed by atoms with Crippen LogP contribution in [0.4, 0.5) is 0 Å². The molecule has 26 heavy (non-hydrogen) atoms. The number of nitrogens with zero attached hydrogens (tertiary/aromatic N) is 2. The van der Waals surface area contributed by atoms with E-state index in [2.05, 4.69) is 65.1 Å². The second-order valence-corrected chi connectivity index (χ2v) is 11.4. The maximum Gasteiger partial charge on any atom is 0.259 e. The zero-order valence-corrected chi connectivity index (χ0v) is 19.2. The first-order valence-electron chi connectivity index (χ1n) is 10.3. The van der Waals surface area contributed by atoms with Crippen LogP contribution in [0.15, 0.2) is 0 Å². The molecule has 6 heteroatoms. The van der Waals surface area contributed by atoms with Crippen molar-refractivity contribution in [2.75, 3.05) is 26.4 Å². The summed E-state index contributed by atoms with van der Waals surface area (Å²) >= 11 is 0. The molecule has 2 aliphatic rings. The van der Waals surface area contributed by atoms with Gasteiger partial charge in [-0.1, -0.05) is 27.2 Å². The first kappa shape index (κ1) is 22.5. The lowest BCUT2D eigenvalue weighted by Crippen LogP contribution is -2.63. The zero-order valence-electron chi connectivity index (χ0n) is 18.3. The van der Waals surface area contributed by atoms with Crippen LogP contribution in [0.25, 0.3) is 0 Å². The Balaban J connectivity index is 2.17. The highest BCUT2D eigenvalue weighted by atomic mass is 31.2. The van der Waals surface area contributed by atoms with Gasteiger partial charge in [0.2, 0.25) is 0 Å². The van der Waals surface area contributed by atoms with E-state index in [0.717, 1.165) is 32.6 Å². The zero-order chi connectivity index (χ0) is 19.6. The highest BCUT2D eigenvalue weighted by Crippen LogP contribution is 2.53. The summed E-state index contributed by atoms with van der Waals surface area (Å²) in [7, 11) is -0.959. The maximum absolute atomic E-state index is 6.24. The van der Waals surface area contributed by atoms with E-state index in [1.54, 1.807) is 0 Å². The molecular formula is C20H41N2O3P. The molecule has 0 bridgehead atoms. The van der Waals surface area contributed by atoms with E-state index < -0.39 is 8.53 Å². The third-order valence-electron chi connectivity index (χ3n) is 5.33. The summed E-state index contributed by atoms with van der Waals surface area (Å²) < 4.78 is 15.0. The van der Waals surface area contributed by atoms with Gasteiger partial charge < -0.3 is 9.05 Å². The van der Waals surface area contributed by atoms with E-state index in [1.165, 1.54) is 12.8 Å². The topological polar surface area (TPSA) is 34.2 Å². The quantitative estimate of drug-likeness (QED) is 0.548. The van der Waals surface area contributed by atoms with E-state index in [0.29, 0.717) is 12.6 Å². The van der Waals surface area contributed by atoms with Crippen molar-refractivity contribution >= 4 is 8.53 Å². The number of unbranched alkanes of at least 4 members (excludes halogenated alkanes) is 1. The van der Waals surface area contributed by atoms with Crippen LogP contribution < -0.4 is 0 Å². The summed E-state index contributed by atoms with van der Waals surface area (Å²) in [5.74, 6) is 0. The summed E-state index contributed by atoms with van der Waals surface area (Å²) in [6.45, 7) is 21.3. The van der Waals surface area contributed by atoms with Gasteiger partial charge in [0.05, 0.1) is 19.8 Å². The van der Waals surface area contributed by atoms with Gasteiger partial charge in [-0.05, 0) is 53.9 Å². The highest BCUT2D eigenvalue weighted by molar-refractivity contribution is 7.44. The lowest BCUT2D eigenvalue weighted by atomic mass is 9.79. The lowest BCUT2D eigenvalue weighted by molar-refractivity contribution is -0.284. The van der Waals surface area contributed by atoms with Crippen molar-refractivity contribution in [1.82, 2.24) is 9.73 Å². The average Bonchev–Trinajstić information content (AvgIpc) is 2.52. The Morgan fingerprint density at radius 1 is 1.00 bits per heavy atom. The Kier molecular flexibility index (Phi) is 7.55.